The molecular formula is C14H28N2O. The Labute approximate surface area is 106 Å². The van der Waals surface area contributed by atoms with Crippen LogP contribution in [-0.2, 0) is 4.74 Å². The monoisotopic (exact) mass is 240 g/mol. The third-order valence-corrected chi connectivity index (χ3v) is 4.56. The lowest BCUT2D eigenvalue weighted by Crippen LogP contribution is -2.47. The second kappa shape index (κ2) is 6.72. The number of rotatable bonds is 4. The third kappa shape index (κ3) is 3.94. The quantitative estimate of drug-likeness (QED) is 0.813. The zero-order chi connectivity index (χ0) is 12.0. The second-order valence-electron chi connectivity index (χ2n) is 5.65. The van der Waals surface area contributed by atoms with Gasteiger partial charge in [0.2, 0.25) is 0 Å². The molecule has 1 N–H and O–H groups in total. The van der Waals surface area contributed by atoms with Crippen molar-refractivity contribution in [2.75, 3.05) is 39.9 Å². The van der Waals surface area contributed by atoms with E-state index in [1.54, 1.807) is 0 Å². The molecule has 0 aromatic heterocycles. The van der Waals surface area contributed by atoms with Gasteiger partial charge < -0.3 is 15.0 Å². The van der Waals surface area contributed by atoms with Crippen molar-refractivity contribution in [3.8, 4) is 0 Å². The highest BCUT2D eigenvalue weighted by atomic mass is 16.5. The summed E-state index contributed by atoms with van der Waals surface area (Å²) in [7, 11) is 2.15. The van der Waals surface area contributed by atoms with E-state index < -0.39 is 0 Å². The van der Waals surface area contributed by atoms with Crippen LogP contribution >= 0.6 is 0 Å². The highest BCUT2D eigenvalue weighted by Crippen LogP contribution is 2.30. The van der Waals surface area contributed by atoms with Crippen molar-refractivity contribution >= 4 is 0 Å². The largest absolute Gasteiger partial charge is 0.380 e. The maximum absolute atomic E-state index is 5.51. The highest BCUT2D eigenvalue weighted by Gasteiger charge is 2.30. The zero-order valence-corrected chi connectivity index (χ0v) is 11.3. The molecule has 0 aromatic rings. The molecule has 0 unspecified atom stereocenters. The van der Waals surface area contributed by atoms with E-state index >= 15 is 0 Å². The minimum Gasteiger partial charge on any atom is -0.380 e. The van der Waals surface area contributed by atoms with Crippen molar-refractivity contribution in [3.05, 3.63) is 0 Å². The summed E-state index contributed by atoms with van der Waals surface area (Å²) in [4.78, 5) is 2.58. The molecule has 3 nitrogen and oxygen atoms in total. The molecule has 0 spiro atoms. The van der Waals surface area contributed by atoms with Crippen LogP contribution in [0.25, 0.3) is 0 Å². The Bertz CT molecular complexity index is 206. The van der Waals surface area contributed by atoms with E-state index in [9.17, 15) is 0 Å². The summed E-state index contributed by atoms with van der Waals surface area (Å²) < 4.78 is 5.51. The number of hydrogen-bond acceptors (Lipinski definition) is 3. The van der Waals surface area contributed by atoms with E-state index in [0.717, 1.165) is 19.8 Å². The van der Waals surface area contributed by atoms with Crippen molar-refractivity contribution in [2.45, 2.75) is 50.5 Å². The smallest absolute Gasteiger partial charge is 0.0593 e. The van der Waals surface area contributed by atoms with Gasteiger partial charge in [-0.25, -0.2) is 0 Å². The normalized spacial score (nSPS) is 26.6. The molecule has 1 aliphatic carbocycles. The number of ether oxygens (including phenoxy) is 1. The van der Waals surface area contributed by atoms with Crippen molar-refractivity contribution in [1.29, 1.82) is 0 Å². The van der Waals surface area contributed by atoms with Crippen LogP contribution in [0, 0.1) is 0 Å². The summed E-state index contributed by atoms with van der Waals surface area (Å²) in [6.07, 6.45) is 9.49. The molecular weight excluding hydrogens is 212 g/mol. The van der Waals surface area contributed by atoms with Crippen LogP contribution in [0.1, 0.15) is 44.9 Å². The van der Waals surface area contributed by atoms with Gasteiger partial charge in [0.15, 0.2) is 0 Å². The van der Waals surface area contributed by atoms with Gasteiger partial charge in [-0.3, -0.25) is 0 Å². The van der Waals surface area contributed by atoms with Crippen LogP contribution < -0.4 is 5.32 Å². The fourth-order valence-corrected chi connectivity index (χ4v) is 3.25. The molecule has 2 aliphatic rings. The van der Waals surface area contributed by atoms with Crippen molar-refractivity contribution in [2.24, 2.45) is 0 Å². The fourth-order valence-electron chi connectivity index (χ4n) is 3.25. The molecule has 1 aliphatic heterocycles. The Balaban J connectivity index is 1.77. The second-order valence-corrected chi connectivity index (χ2v) is 5.65. The molecule has 0 radical (unpaired) electrons. The van der Waals surface area contributed by atoms with Gasteiger partial charge in [0.25, 0.3) is 0 Å². The van der Waals surface area contributed by atoms with Gasteiger partial charge in [-0.15, -0.1) is 0 Å². The maximum Gasteiger partial charge on any atom is 0.0593 e. The van der Waals surface area contributed by atoms with Gasteiger partial charge in [0.05, 0.1) is 6.61 Å². The first-order valence-corrected chi connectivity index (χ1v) is 7.34. The SMILES string of the molecule is CNC1(CCN2CCCOCC2)CCCCC1. The van der Waals surface area contributed by atoms with Crippen LogP contribution in [-0.4, -0.2) is 50.3 Å². The molecule has 1 saturated carbocycles. The van der Waals surface area contributed by atoms with Gasteiger partial charge in [-0.2, -0.15) is 0 Å². The predicted octanol–water partition coefficient (Wildman–Crippen LogP) is 2.02. The van der Waals surface area contributed by atoms with E-state index in [2.05, 4.69) is 17.3 Å². The highest BCUT2D eigenvalue weighted by molar-refractivity contribution is 4.90. The number of nitrogens with zero attached hydrogens (tertiary/aromatic N) is 1. The fraction of sp³-hybridized carbons (Fsp3) is 1.00. The molecule has 100 valence electrons. The van der Waals surface area contributed by atoms with Crippen LogP contribution in [0.3, 0.4) is 0 Å². The van der Waals surface area contributed by atoms with Gasteiger partial charge in [-0.05, 0) is 39.3 Å². The van der Waals surface area contributed by atoms with Gasteiger partial charge in [0.1, 0.15) is 0 Å². The summed E-state index contributed by atoms with van der Waals surface area (Å²) in [6, 6.07) is 0. The molecule has 1 heterocycles. The lowest BCUT2D eigenvalue weighted by Gasteiger charge is -2.38. The molecule has 0 atom stereocenters. The lowest BCUT2D eigenvalue weighted by molar-refractivity contribution is 0.136. The zero-order valence-electron chi connectivity index (χ0n) is 11.3. The third-order valence-electron chi connectivity index (χ3n) is 4.56. The Morgan fingerprint density at radius 1 is 1.06 bits per heavy atom. The summed E-state index contributed by atoms with van der Waals surface area (Å²) in [5.41, 5.74) is 0.436. The van der Waals surface area contributed by atoms with Crippen molar-refractivity contribution < 1.29 is 4.74 Å². The maximum atomic E-state index is 5.51. The van der Waals surface area contributed by atoms with E-state index in [1.807, 2.05) is 0 Å². The Morgan fingerprint density at radius 3 is 2.65 bits per heavy atom. The standard InChI is InChI=1S/C14H28N2O/c1-15-14(6-3-2-4-7-14)8-10-16-9-5-12-17-13-11-16/h15H,2-13H2,1H3. The molecule has 17 heavy (non-hydrogen) atoms. The van der Waals surface area contributed by atoms with Crippen molar-refractivity contribution in [3.63, 3.8) is 0 Å². The molecule has 2 rings (SSSR count). The first kappa shape index (κ1) is 13.3. The topological polar surface area (TPSA) is 24.5 Å². The number of nitrogens with one attached hydrogen (secondary N) is 1. The van der Waals surface area contributed by atoms with Gasteiger partial charge in [0, 0.05) is 25.2 Å². The summed E-state index contributed by atoms with van der Waals surface area (Å²) >= 11 is 0. The van der Waals surface area contributed by atoms with Crippen molar-refractivity contribution in [1.82, 2.24) is 10.2 Å². The Kier molecular flexibility index (Phi) is 5.26. The first-order valence-electron chi connectivity index (χ1n) is 7.34. The summed E-state index contributed by atoms with van der Waals surface area (Å²) in [6.45, 7) is 5.46. The minimum absolute atomic E-state index is 0.436. The summed E-state index contributed by atoms with van der Waals surface area (Å²) in [5.74, 6) is 0. The summed E-state index contributed by atoms with van der Waals surface area (Å²) in [5, 5.41) is 3.61. The minimum atomic E-state index is 0.436. The lowest BCUT2D eigenvalue weighted by atomic mass is 9.79. The van der Waals surface area contributed by atoms with Crippen LogP contribution in [0.15, 0.2) is 0 Å². The average molecular weight is 240 g/mol. The van der Waals surface area contributed by atoms with Crippen LogP contribution in [0.5, 0.6) is 0 Å². The van der Waals surface area contributed by atoms with Crippen LogP contribution in [0.2, 0.25) is 0 Å². The average Bonchev–Trinajstić information content (AvgIpc) is 2.66. The van der Waals surface area contributed by atoms with Crippen LogP contribution in [0.4, 0.5) is 0 Å². The molecule has 0 amide bonds. The predicted molar refractivity (Wildman–Crippen MR) is 71.4 cm³/mol. The van der Waals surface area contributed by atoms with E-state index in [0.29, 0.717) is 5.54 Å². The molecule has 2 fully saturated rings. The number of hydrogen-bond donors (Lipinski definition) is 1. The Morgan fingerprint density at radius 2 is 1.88 bits per heavy atom. The molecule has 0 bridgehead atoms. The van der Waals surface area contributed by atoms with E-state index in [4.69, 9.17) is 4.74 Å². The molecule has 0 aromatic carbocycles. The Hall–Kier alpha value is -0.120. The van der Waals surface area contributed by atoms with Gasteiger partial charge in [-0.1, -0.05) is 19.3 Å². The first-order chi connectivity index (χ1) is 8.35. The van der Waals surface area contributed by atoms with E-state index in [-0.39, 0.29) is 0 Å². The van der Waals surface area contributed by atoms with Gasteiger partial charge >= 0.3 is 0 Å². The van der Waals surface area contributed by atoms with E-state index in [1.165, 1.54) is 58.0 Å². The molecule has 1 saturated heterocycles. The molecule has 3 heteroatoms.